The van der Waals surface area contributed by atoms with Gasteiger partial charge in [0, 0.05) is 0 Å². The van der Waals surface area contributed by atoms with Crippen molar-refractivity contribution in [3.63, 3.8) is 0 Å². The Labute approximate surface area is 110 Å². The Morgan fingerprint density at radius 1 is 1.47 bits per heavy atom. The molecule has 1 amide bonds. The van der Waals surface area contributed by atoms with Gasteiger partial charge in [-0.25, -0.2) is 9.18 Å². The average Bonchev–Trinajstić information content (AvgIpc) is 2.35. The third-order valence-corrected chi connectivity index (χ3v) is 2.69. The van der Waals surface area contributed by atoms with Gasteiger partial charge in [-0.2, -0.15) is 0 Å². The number of hydrogen-bond donors (Lipinski definition) is 3. The molecule has 1 aromatic rings. The van der Waals surface area contributed by atoms with Crippen molar-refractivity contribution in [1.82, 2.24) is 0 Å². The molecule has 104 valence electrons. The van der Waals surface area contributed by atoms with Gasteiger partial charge in [0.2, 0.25) is 5.91 Å². The highest BCUT2D eigenvalue weighted by Crippen LogP contribution is 2.19. The van der Waals surface area contributed by atoms with E-state index < -0.39 is 29.3 Å². The Hall–Kier alpha value is -1.95. The molecule has 0 fully saturated rings. The lowest BCUT2D eigenvalue weighted by atomic mass is 10.1. The highest BCUT2D eigenvalue weighted by atomic mass is 19.1. The van der Waals surface area contributed by atoms with Gasteiger partial charge in [-0.3, -0.25) is 4.79 Å². The summed E-state index contributed by atoms with van der Waals surface area (Å²) < 4.78 is 13.4. The van der Waals surface area contributed by atoms with Crippen molar-refractivity contribution in [1.29, 1.82) is 0 Å². The molecule has 6 heteroatoms. The van der Waals surface area contributed by atoms with Crippen molar-refractivity contribution in [3.8, 4) is 0 Å². The lowest BCUT2D eigenvalue weighted by Gasteiger charge is -2.13. The first kappa shape index (κ1) is 15.1. The maximum atomic E-state index is 13.4. The number of anilines is 1. The Kier molecular flexibility index (Phi) is 5.44. The first-order chi connectivity index (χ1) is 8.97. The molecule has 0 aromatic heterocycles. The van der Waals surface area contributed by atoms with E-state index in [0.29, 0.717) is 6.42 Å². The quantitative estimate of drug-likeness (QED) is 0.735. The summed E-state index contributed by atoms with van der Waals surface area (Å²) in [5.41, 5.74) is 5.03. The van der Waals surface area contributed by atoms with E-state index in [4.69, 9.17) is 10.8 Å². The van der Waals surface area contributed by atoms with Crippen LogP contribution in [0.25, 0.3) is 0 Å². The molecule has 0 aliphatic heterocycles. The molecule has 0 saturated heterocycles. The van der Waals surface area contributed by atoms with Crippen LogP contribution in [0.4, 0.5) is 10.1 Å². The number of benzene rings is 1. The highest BCUT2D eigenvalue weighted by molar-refractivity contribution is 6.02. The number of halogens is 1. The lowest BCUT2D eigenvalue weighted by molar-refractivity contribution is -0.117. The van der Waals surface area contributed by atoms with Crippen LogP contribution in [0.15, 0.2) is 18.2 Å². The van der Waals surface area contributed by atoms with Gasteiger partial charge in [-0.1, -0.05) is 25.8 Å². The van der Waals surface area contributed by atoms with Gasteiger partial charge in [0.1, 0.15) is 11.4 Å². The van der Waals surface area contributed by atoms with Crippen LogP contribution in [-0.4, -0.2) is 23.0 Å². The van der Waals surface area contributed by atoms with E-state index >= 15 is 0 Å². The Morgan fingerprint density at radius 3 is 2.74 bits per heavy atom. The minimum absolute atomic E-state index is 0.0792. The molecular formula is C13H17FN2O3. The molecule has 0 spiro atoms. The predicted molar refractivity (Wildman–Crippen MR) is 69.5 cm³/mol. The molecule has 0 saturated carbocycles. The van der Waals surface area contributed by atoms with Crippen LogP contribution in [0, 0.1) is 5.82 Å². The van der Waals surface area contributed by atoms with Gasteiger partial charge in [0.05, 0.1) is 11.7 Å². The highest BCUT2D eigenvalue weighted by Gasteiger charge is 2.19. The van der Waals surface area contributed by atoms with Crippen LogP contribution in [0.5, 0.6) is 0 Å². The Morgan fingerprint density at radius 2 is 2.16 bits per heavy atom. The minimum Gasteiger partial charge on any atom is -0.478 e. The largest absolute Gasteiger partial charge is 0.478 e. The van der Waals surface area contributed by atoms with Crippen LogP contribution in [0.3, 0.4) is 0 Å². The number of aromatic carboxylic acids is 1. The van der Waals surface area contributed by atoms with Crippen LogP contribution in [-0.2, 0) is 4.79 Å². The van der Waals surface area contributed by atoms with Gasteiger partial charge in [0.25, 0.3) is 0 Å². The first-order valence-electron chi connectivity index (χ1n) is 6.05. The number of nitrogens with two attached hydrogens (primary N) is 1. The molecule has 0 aliphatic carbocycles. The Balaban J connectivity index is 2.85. The predicted octanol–water partition coefficient (Wildman–Crippen LogP) is 1.98. The molecule has 0 radical (unpaired) electrons. The molecule has 1 atom stereocenters. The fraction of sp³-hybridized carbons (Fsp3) is 0.385. The third-order valence-electron chi connectivity index (χ3n) is 2.69. The standard InChI is InChI=1S/C13H17FN2O3/c1-2-3-6-9(15)12(17)16-10-7-4-5-8(14)11(10)13(18)19/h4-5,7,9H,2-3,6,15H2,1H3,(H,16,17)(H,18,19). The number of carbonyl (C=O) groups is 2. The SMILES string of the molecule is CCCCC(N)C(=O)Nc1cccc(F)c1C(=O)O. The zero-order chi connectivity index (χ0) is 14.4. The second-order valence-corrected chi connectivity index (χ2v) is 4.21. The molecule has 1 aromatic carbocycles. The van der Waals surface area contributed by atoms with Crippen LogP contribution >= 0.6 is 0 Å². The minimum atomic E-state index is -1.43. The van der Waals surface area contributed by atoms with Crippen molar-refractivity contribution in [2.75, 3.05) is 5.32 Å². The van der Waals surface area contributed by atoms with Gasteiger partial charge in [-0.15, -0.1) is 0 Å². The van der Waals surface area contributed by atoms with Crippen LogP contribution in [0.2, 0.25) is 0 Å². The molecule has 1 unspecified atom stereocenters. The fourth-order valence-electron chi connectivity index (χ4n) is 1.63. The topological polar surface area (TPSA) is 92.4 Å². The Bertz CT molecular complexity index is 477. The molecule has 1 rings (SSSR count). The summed E-state index contributed by atoms with van der Waals surface area (Å²) in [7, 11) is 0. The molecular weight excluding hydrogens is 251 g/mol. The molecule has 4 N–H and O–H groups in total. The summed E-state index contributed by atoms with van der Waals surface area (Å²) >= 11 is 0. The monoisotopic (exact) mass is 268 g/mol. The van der Waals surface area contributed by atoms with E-state index in [0.717, 1.165) is 18.9 Å². The summed E-state index contributed by atoms with van der Waals surface area (Å²) in [5, 5.41) is 11.3. The van der Waals surface area contributed by atoms with E-state index in [-0.39, 0.29) is 5.69 Å². The summed E-state index contributed by atoms with van der Waals surface area (Å²) in [5.74, 6) is -2.84. The second-order valence-electron chi connectivity index (χ2n) is 4.21. The van der Waals surface area contributed by atoms with Crippen LogP contribution in [0.1, 0.15) is 36.5 Å². The third kappa shape index (κ3) is 4.03. The van der Waals surface area contributed by atoms with Gasteiger partial charge >= 0.3 is 5.97 Å². The van der Waals surface area contributed by atoms with Crippen molar-refractivity contribution in [2.24, 2.45) is 5.73 Å². The number of amides is 1. The molecule has 0 heterocycles. The van der Waals surface area contributed by atoms with E-state index in [9.17, 15) is 14.0 Å². The number of carbonyl (C=O) groups excluding carboxylic acids is 1. The van der Waals surface area contributed by atoms with E-state index in [1.807, 2.05) is 6.92 Å². The number of hydrogen-bond acceptors (Lipinski definition) is 3. The number of carboxylic acids is 1. The normalized spacial score (nSPS) is 11.9. The van der Waals surface area contributed by atoms with E-state index in [2.05, 4.69) is 5.32 Å². The number of carboxylic acid groups (broad SMARTS) is 1. The summed E-state index contributed by atoms with van der Waals surface area (Å²) in [6.07, 6.45) is 2.20. The number of unbranched alkanes of at least 4 members (excludes halogenated alkanes) is 1. The zero-order valence-corrected chi connectivity index (χ0v) is 10.6. The van der Waals surface area contributed by atoms with E-state index in [1.165, 1.54) is 12.1 Å². The molecule has 0 aliphatic rings. The summed E-state index contributed by atoms with van der Waals surface area (Å²) in [6, 6.07) is 2.95. The fourth-order valence-corrected chi connectivity index (χ4v) is 1.63. The number of nitrogens with one attached hydrogen (secondary N) is 1. The molecule has 5 nitrogen and oxygen atoms in total. The summed E-state index contributed by atoms with van der Waals surface area (Å²) in [4.78, 5) is 22.7. The van der Waals surface area contributed by atoms with Gasteiger partial charge in [-0.05, 0) is 18.6 Å². The van der Waals surface area contributed by atoms with Crippen molar-refractivity contribution >= 4 is 17.6 Å². The van der Waals surface area contributed by atoms with Gasteiger partial charge < -0.3 is 16.2 Å². The van der Waals surface area contributed by atoms with Crippen molar-refractivity contribution < 1.29 is 19.1 Å². The van der Waals surface area contributed by atoms with Gasteiger partial charge in [0.15, 0.2) is 0 Å². The van der Waals surface area contributed by atoms with Crippen molar-refractivity contribution in [2.45, 2.75) is 32.2 Å². The maximum absolute atomic E-state index is 13.4. The van der Waals surface area contributed by atoms with Crippen LogP contribution < -0.4 is 11.1 Å². The second kappa shape index (κ2) is 6.84. The smallest absolute Gasteiger partial charge is 0.340 e. The first-order valence-corrected chi connectivity index (χ1v) is 6.05. The zero-order valence-electron chi connectivity index (χ0n) is 10.6. The van der Waals surface area contributed by atoms with Crippen molar-refractivity contribution in [3.05, 3.63) is 29.6 Å². The summed E-state index contributed by atoms with van der Waals surface area (Å²) in [6.45, 7) is 1.97. The lowest BCUT2D eigenvalue weighted by Crippen LogP contribution is -2.36. The molecule has 0 bridgehead atoms. The molecule has 19 heavy (non-hydrogen) atoms. The van der Waals surface area contributed by atoms with E-state index in [1.54, 1.807) is 0 Å². The average molecular weight is 268 g/mol. The maximum Gasteiger partial charge on any atom is 0.340 e. The number of rotatable bonds is 6.